The van der Waals surface area contributed by atoms with Crippen LogP contribution in [0.5, 0.6) is 0 Å². The predicted octanol–water partition coefficient (Wildman–Crippen LogP) is 0.574. The van der Waals surface area contributed by atoms with Gasteiger partial charge in [-0.15, -0.1) is 5.10 Å². The van der Waals surface area contributed by atoms with E-state index < -0.39 is 12.0 Å². The number of hydrogen-bond donors (Lipinski definition) is 1. The standard InChI is InChI=1S/C9H13BrN4O2/c1-3-14-7(12-9(10)13-14)5-6(11)8(15)16-4-2/h3,6H,1,4-5,11H2,2H3/t6-/m0/s1. The van der Waals surface area contributed by atoms with Crippen LogP contribution in [0.2, 0.25) is 0 Å². The lowest BCUT2D eigenvalue weighted by molar-refractivity contribution is -0.144. The van der Waals surface area contributed by atoms with Crippen molar-refractivity contribution in [2.24, 2.45) is 5.73 Å². The first kappa shape index (κ1) is 12.9. The van der Waals surface area contributed by atoms with Crippen molar-refractivity contribution < 1.29 is 9.53 Å². The van der Waals surface area contributed by atoms with E-state index in [1.165, 1.54) is 10.9 Å². The van der Waals surface area contributed by atoms with Crippen molar-refractivity contribution in [3.8, 4) is 0 Å². The van der Waals surface area contributed by atoms with Crippen LogP contribution in [0.3, 0.4) is 0 Å². The number of halogens is 1. The molecule has 1 heterocycles. The lowest BCUT2D eigenvalue weighted by Crippen LogP contribution is -2.35. The molecule has 0 saturated heterocycles. The maximum atomic E-state index is 11.3. The summed E-state index contributed by atoms with van der Waals surface area (Å²) < 4.78 is 6.69. The second-order valence-corrected chi connectivity index (χ2v) is 3.70. The van der Waals surface area contributed by atoms with Crippen LogP contribution in [0, 0.1) is 0 Å². The Morgan fingerprint density at radius 2 is 2.50 bits per heavy atom. The number of rotatable bonds is 5. The molecular formula is C9H13BrN4O2. The molecule has 0 amide bonds. The molecule has 88 valence electrons. The van der Waals surface area contributed by atoms with Gasteiger partial charge in [0.05, 0.1) is 6.61 Å². The van der Waals surface area contributed by atoms with E-state index in [0.29, 0.717) is 17.2 Å². The predicted molar refractivity (Wildman–Crippen MR) is 62.4 cm³/mol. The third-order valence-electron chi connectivity index (χ3n) is 1.84. The van der Waals surface area contributed by atoms with E-state index >= 15 is 0 Å². The number of aromatic nitrogens is 3. The number of nitrogens with two attached hydrogens (primary N) is 1. The van der Waals surface area contributed by atoms with Crippen molar-refractivity contribution >= 4 is 28.1 Å². The van der Waals surface area contributed by atoms with Crippen molar-refractivity contribution in [1.29, 1.82) is 0 Å². The second-order valence-electron chi connectivity index (χ2n) is 2.99. The molecule has 0 fully saturated rings. The zero-order valence-corrected chi connectivity index (χ0v) is 10.5. The van der Waals surface area contributed by atoms with Gasteiger partial charge in [0.1, 0.15) is 11.9 Å². The van der Waals surface area contributed by atoms with Crippen molar-refractivity contribution in [3.63, 3.8) is 0 Å². The first-order chi connectivity index (χ1) is 7.58. The van der Waals surface area contributed by atoms with Crippen LogP contribution in [0.4, 0.5) is 0 Å². The van der Waals surface area contributed by atoms with Crippen LogP contribution in [-0.2, 0) is 16.0 Å². The quantitative estimate of drug-likeness (QED) is 0.801. The summed E-state index contributed by atoms with van der Waals surface area (Å²) in [5, 5.41) is 3.98. The smallest absolute Gasteiger partial charge is 0.323 e. The highest BCUT2D eigenvalue weighted by atomic mass is 79.9. The van der Waals surface area contributed by atoms with E-state index in [-0.39, 0.29) is 6.42 Å². The van der Waals surface area contributed by atoms with Crippen LogP contribution in [0.25, 0.3) is 6.20 Å². The van der Waals surface area contributed by atoms with Crippen LogP contribution in [0.1, 0.15) is 12.7 Å². The van der Waals surface area contributed by atoms with Gasteiger partial charge in [-0.2, -0.15) is 0 Å². The number of hydrogen-bond acceptors (Lipinski definition) is 5. The van der Waals surface area contributed by atoms with Gasteiger partial charge in [0.25, 0.3) is 0 Å². The summed E-state index contributed by atoms with van der Waals surface area (Å²) >= 11 is 3.13. The lowest BCUT2D eigenvalue weighted by Gasteiger charge is -2.09. The molecule has 0 aromatic carbocycles. The first-order valence-electron chi connectivity index (χ1n) is 4.74. The molecule has 16 heavy (non-hydrogen) atoms. The van der Waals surface area contributed by atoms with Gasteiger partial charge in [0.15, 0.2) is 0 Å². The number of nitrogens with zero attached hydrogens (tertiary/aromatic N) is 3. The zero-order valence-electron chi connectivity index (χ0n) is 8.89. The van der Waals surface area contributed by atoms with Gasteiger partial charge in [-0.25, -0.2) is 9.67 Å². The molecule has 0 saturated carbocycles. The van der Waals surface area contributed by atoms with Crippen molar-refractivity contribution in [2.45, 2.75) is 19.4 Å². The molecule has 0 unspecified atom stereocenters. The van der Waals surface area contributed by atoms with Gasteiger partial charge in [-0.05, 0) is 22.9 Å². The Bertz CT molecular complexity index is 391. The van der Waals surface area contributed by atoms with E-state index in [1.807, 2.05) is 0 Å². The van der Waals surface area contributed by atoms with E-state index in [4.69, 9.17) is 10.5 Å². The average Bonchev–Trinajstić information content (AvgIpc) is 2.59. The number of ether oxygens (including phenoxy) is 1. The zero-order chi connectivity index (χ0) is 12.1. The molecule has 6 nitrogen and oxygen atoms in total. The molecule has 0 aliphatic carbocycles. The Morgan fingerprint density at radius 3 is 3.06 bits per heavy atom. The van der Waals surface area contributed by atoms with E-state index in [1.54, 1.807) is 6.92 Å². The Morgan fingerprint density at radius 1 is 1.81 bits per heavy atom. The Labute approximate surface area is 102 Å². The van der Waals surface area contributed by atoms with Gasteiger partial charge in [-0.1, -0.05) is 6.58 Å². The molecule has 1 rings (SSSR count). The topological polar surface area (TPSA) is 83.0 Å². The van der Waals surface area contributed by atoms with Crippen molar-refractivity contribution in [2.75, 3.05) is 6.61 Å². The second kappa shape index (κ2) is 5.76. The molecule has 2 N–H and O–H groups in total. The third kappa shape index (κ3) is 3.14. The van der Waals surface area contributed by atoms with Gasteiger partial charge in [0, 0.05) is 12.6 Å². The Hall–Kier alpha value is -1.21. The summed E-state index contributed by atoms with van der Waals surface area (Å²) in [5.41, 5.74) is 5.66. The summed E-state index contributed by atoms with van der Waals surface area (Å²) in [6.45, 7) is 5.62. The van der Waals surface area contributed by atoms with Crippen molar-refractivity contribution in [1.82, 2.24) is 14.8 Å². The molecule has 1 atom stereocenters. The Kier molecular flexibility index (Phi) is 4.63. The normalized spacial score (nSPS) is 12.2. The fraction of sp³-hybridized carbons (Fsp3) is 0.444. The number of carbonyl (C=O) groups excluding carboxylic acids is 1. The monoisotopic (exact) mass is 288 g/mol. The van der Waals surface area contributed by atoms with E-state index in [9.17, 15) is 4.79 Å². The molecule has 7 heteroatoms. The molecule has 0 spiro atoms. The summed E-state index contributed by atoms with van der Waals surface area (Å²) in [5.74, 6) is 0.111. The first-order valence-corrected chi connectivity index (χ1v) is 5.53. The van der Waals surface area contributed by atoms with E-state index in [2.05, 4.69) is 32.6 Å². The largest absolute Gasteiger partial charge is 0.465 e. The molecule has 0 aliphatic rings. The highest BCUT2D eigenvalue weighted by Crippen LogP contribution is 2.07. The summed E-state index contributed by atoms with van der Waals surface area (Å²) in [6, 6.07) is -0.741. The van der Waals surface area contributed by atoms with Gasteiger partial charge in [0.2, 0.25) is 4.73 Å². The maximum absolute atomic E-state index is 11.3. The molecule has 0 radical (unpaired) electrons. The molecule has 1 aromatic heterocycles. The summed E-state index contributed by atoms with van der Waals surface area (Å²) in [4.78, 5) is 15.4. The Balaban J connectivity index is 2.72. The highest BCUT2D eigenvalue weighted by molar-refractivity contribution is 9.10. The minimum absolute atomic E-state index is 0.253. The lowest BCUT2D eigenvalue weighted by atomic mass is 10.2. The number of carbonyl (C=O) groups is 1. The number of esters is 1. The van der Waals surface area contributed by atoms with Gasteiger partial charge in [-0.3, -0.25) is 4.79 Å². The van der Waals surface area contributed by atoms with Crippen LogP contribution < -0.4 is 5.73 Å². The third-order valence-corrected chi connectivity index (χ3v) is 2.18. The summed E-state index contributed by atoms with van der Waals surface area (Å²) in [6.07, 6.45) is 1.74. The fourth-order valence-corrected chi connectivity index (χ4v) is 1.52. The molecule has 1 aromatic rings. The molecule has 0 bridgehead atoms. The van der Waals surface area contributed by atoms with Crippen LogP contribution in [0.15, 0.2) is 11.3 Å². The fourth-order valence-electron chi connectivity index (χ4n) is 1.14. The minimum Gasteiger partial charge on any atom is -0.465 e. The summed E-state index contributed by atoms with van der Waals surface area (Å²) in [7, 11) is 0. The van der Waals surface area contributed by atoms with Crippen LogP contribution >= 0.6 is 15.9 Å². The molecular weight excluding hydrogens is 276 g/mol. The van der Waals surface area contributed by atoms with Gasteiger partial charge >= 0.3 is 5.97 Å². The average molecular weight is 289 g/mol. The van der Waals surface area contributed by atoms with Gasteiger partial charge < -0.3 is 10.5 Å². The molecule has 0 aliphatic heterocycles. The minimum atomic E-state index is -0.741. The maximum Gasteiger partial charge on any atom is 0.323 e. The van der Waals surface area contributed by atoms with E-state index in [0.717, 1.165) is 0 Å². The van der Waals surface area contributed by atoms with Crippen LogP contribution in [-0.4, -0.2) is 33.4 Å². The SMILES string of the molecule is C=Cn1nc(Br)nc1C[C@H](N)C(=O)OCC. The van der Waals surface area contributed by atoms with Crippen molar-refractivity contribution in [3.05, 3.63) is 17.1 Å². The highest BCUT2D eigenvalue weighted by Gasteiger charge is 2.18.